The Kier molecular flexibility index (Phi) is 3.56. The van der Waals surface area contributed by atoms with Gasteiger partial charge in [0.15, 0.2) is 0 Å². The third-order valence-corrected chi connectivity index (χ3v) is 2.63. The van der Waals surface area contributed by atoms with Crippen LogP contribution in [0.5, 0.6) is 0 Å². The van der Waals surface area contributed by atoms with E-state index in [1.807, 2.05) is 0 Å². The number of carbonyl (C=O) groups excluding carboxylic acids is 1. The number of hydrogen-bond donors (Lipinski definition) is 1. The highest BCUT2D eigenvalue weighted by molar-refractivity contribution is 5.95. The van der Waals surface area contributed by atoms with Crippen molar-refractivity contribution in [2.45, 2.75) is 6.92 Å². The maximum absolute atomic E-state index is 11.2. The molecule has 2 aromatic carbocycles. The number of carbonyl (C=O) groups is 1. The first-order valence-electron chi connectivity index (χ1n) is 5.70. The highest BCUT2D eigenvalue weighted by atomic mass is 16.6. The number of amides is 1. The lowest BCUT2D eigenvalue weighted by Gasteiger charge is -2.10. The topological polar surface area (TPSA) is 72.2 Å². The van der Waals surface area contributed by atoms with E-state index in [-0.39, 0.29) is 11.6 Å². The number of nitrogens with one attached hydrogen (secondary N) is 1. The highest BCUT2D eigenvalue weighted by Gasteiger charge is 2.16. The van der Waals surface area contributed by atoms with Crippen LogP contribution in [0.25, 0.3) is 11.1 Å². The average molecular weight is 256 g/mol. The normalized spacial score (nSPS) is 9.95. The van der Waals surface area contributed by atoms with E-state index in [9.17, 15) is 14.9 Å². The summed E-state index contributed by atoms with van der Waals surface area (Å²) < 4.78 is 0. The SMILES string of the molecule is CC(=O)Nc1ccccc1-c1ccccc1[N+](=O)[O-]. The van der Waals surface area contributed by atoms with Crippen molar-refractivity contribution < 1.29 is 9.72 Å². The minimum Gasteiger partial charge on any atom is -0.326 e. The lowest BCUT2D eigenvalue weighted by atomic mass is 10.0. The van der Waals surface area contributed by atoms with Gasteiger partial charge in [-0.1, -0.05) is 30.3 Å². The summed E-state index contributed by atoms with van der Waals surface area (Å²) in [7, 11) is 0. The fourth-order valence-electron chi connectivity index (χ4n) is 1.88. The second-order valence-corrected chi connectivity index (χ2v) is 4.00. The Morgan fingerprint density at radius 1 is 1.05 bits per heavy atom. The molecule has 2 rings (SSSR count). The van der Waals surface area contributed by atoms with Gasteiger partial charge in [-0.05, 0) is 12.1 Å². The zero-order valence-electron chi connectivity index (χ0n) is 10.3. The number of rotatable bonds is 3. The summed E-state index contributed by atoms with van der Waals surface area (Å²) in [4.78, 5) is 21.8. The molecule has 5 heteroatoms. The molecule has 0 aliphatic heterocycles. The van der Waals surface area contributed by atoms with E-state index in [0.717, 1.165) is 0 Å². The molecule has 0 unspecified atom stereocenters. The second-order valence-electron chi connectivity index (χ2n) is 4.00. The van der Waals surface area contributed by atoms with Crippen LogP contribution in [0.1, 0.15) is 6.92 Å². The maximum atomic E-state index is 11.2. The maximum Gasteiger partial charge on any atom is 0.277 e. The summed E-state index contributed by atoms with van der Waals surface area (Å²) in [5.41, 5.74) is 1.69. The van der Waals surface area contributed by atoms with Gasteiger partial charge in [-0.3, -0.25) is 14.9 Å². The molecule has 5 nitrogen and oxygen atoms in total. The van der Waals surface area contributed by atoms with Crippen LogP contribution in [0.4, 0.5) is 11.4 Å². The Bertz CT molecular complexity index is 638. The first kappa shape index (κ1) is 12.8. The Balaban J connectivity index is 2.59. The molecule has 1 N–H and O–H groups in total. The van der Waals surface area contributed by atoms with Crippen molar-refractivity contribution >= 4 is 17.3 Å². The molecular formula is C14H12N2O3. The lowest BCUT2D eigenvalue weighted by molar-refractivity contribution is -0.384. The number of hydrogen-bond acceptors (Lipinski definition) is 3. The van der Waals surface area contributed by atoms with Gasteiger partial charge >= 0.3 is 0 Å². The van der Waals surface area contributed by atoms with Crippen LogP contribution in [0.2, 0.25) is 0 Å². The van der Waals surface area contributed by atoms with Gasteiger partial charge < -0.3 is 5.32 Å². The molecule has 1 amide bonds. The number of nitrogens with zero attached hydrogens (tertiary/aromatic N) is 1. The summed E-state index contributed by atoms with van der Waals surface area (Å²) in [5.74, 6) is -0.217. The third-order valence-electron chi connectivity index (χ3n) is 2.63. The highest BCUT2D eigenvalue weighted by Crippen LogP contribution is 2.34. The minimum atomic E-state index is -0.431. The molecular weight excluding hydrogens is 244 g/mol. The number of anilines is 1. The predicted molar refractivity (Wildman–Crippen MR) is 72.8 cm³/mol. The fourth-order valence-corrected chi connectivity index (χ4v) is 1.88. The Morgan fingerprint density at radius 3 is 2.26 bits per heavy atom. The second kappa shape index (κ2) is 5.30. The van der Waals surface area contributed by atoms with Gasteiger partial charge in [0.05, 0.1) is 10.5 Å². The van der Waals surface area contributed by atoms with Crippen molar-refractivity contribution in [1.29, 1.82) is 0 Å². The van der Waals surface area contributed by atoms with Gasteiger partial charge in [-0.25, -0.2) is 0 Å². The number of benzene rings is 2. The minimum absolute atomic E-state index is 0.0142. The smallest absolute Gasteiger partial charge is 0.277 e. The van der Waals surface area contributed by atoms with Gasteiger partial charge in [-0.15, -0.1) is 0 Å². The largest absolute Gasteiger partial charge is 0.326 e. The van der Waals surface area contributed by atoms with Gasteiger partial charge in [0, 0.05) is 24.2 Å². The Hall–Kier alpha value is -2.69. The van der Waals surface area contributed by atoms with E-state index in [1.165, 1.54) is 13.0 Å². The summed E-state index contributed by atoms with van der Waals surface area (Å²) >= 11 is 0. The molecule has 0 aromatic heterocycles. The van der Waals surface area contributed by atoms with Crippen LogP contribution in [0.15, 0.2) is 48.5 Å². The molecule has 0 saturated carbocycles. The van der Waals surface area contributed by atoms with Gasteiger partial charge in [-0.2, -0.15) is 0 Å². The summed E-state index contributed by atoms with van der Waals surface area (Å²) in [6.07, 6.45) is 0. The van der Waals surface area contributed by atoms with Crippen molar-refractivity contribution in [2.75, 3.05) is 5.32 Å². The molecule has 0 bridgehead atoms. The molecule has 0 heterocycles. The van der Waals surface area contributed by atoms with E-state index in [4.69, 9.17) is 0 Å². The van der Waals surface area contributed by atoms with Crippen LogP contribution in [0.3, 0.4) is 0 Å². The molecule has 0 saturated heterocycles. The number of para-hydroxylation sites is 2. The number of nitro groups is 1. The van der Waals surface area contributed by atoms with Gasteiger partial charge in [0.2, 0.25) is 5.91 Å². The van der Waals surface area contributed by atoms with Gasteiger partial charge in [0.25, 0.3) is 5.69 Å². The molecule has 0 atom stereocenters. The average Bonchev–Trinajstić information content (AvgIpc) is 2.38. The van der Waals surface area contributed by atoms with E-state index >= 15 is 0 Å². The Morgan fingerprint density at radius 2 is 1.63 bits per heavy atom. The standard InChI is InChI=1S/C14H12N2O3/c1-10(17)15-13-8-4-2-6-11(13)12-7-3-5-9-14(12)16(18)19/h2-9H,1H3,(H,15,17). The summed E-state index contributed by atoms with van der Waals surface area (Å²) in [6, 6.07) is 13.5. The fraction of sp³-hybridized carbons (Fsp3) is 0.0714. The monoisotopic (exact) mass is 256 g/mol. The van der Waals surface area contributed by atoms with Crippen LogP contribution in [0, 0.1) is 10.1 Å². The van der Waals surface area contributed by atoms with Crippen LogP contribution in [-0.2, 0) is 4.79 Å². The Labute approximate surface area is 110 Å². The molecule has 96 valence electrons. The number of nitro benzene ring substituents is 1. The first-order chi connectivity index (χ1) is 9.09. The van der Waals surface area contributed by atoms with Crippen LogP contribution >= 0.6 is 0 Å². The summed E-state index contributed by atoms with van der Waals surface area (Å²) in [5, 5.41) is 13.7. The summed E-state index contributed by atoms with van der Waals surface area (Å²) in [6.45, 7) is 1.40. The zero-order valence-corrected chi connectivity index (χ0v) is 10.3. The predicted octanol–water partition coefficient (Wildman–Crippen LogP) is 3.22. The zero-order chi connectivity index (χ0) is 13.8. The first-order valence-corrected chi connectivity index (χ1v) is 5.70. The quantitative estimate of drug-likeness (QED) is 0.677. The van der Waals surface area contributed by atoms with Crippen molar-refractivity contribution in [3.8, 4) is 11.1 Å². The van der Waals surface area contributed by atoms with Crippen molar-refractivity contribution in [1.82, 2.24) is 0 Å². The molecule has 0 aliphatic carbocycles. The third kappa shape index (κ3) is 2.77. The van der Waals surface area contributed by atoms with E-state index in [2.05, 4.69) is 5.32 Å². The van der Waals surface area contributed by atoms with Crippen LogP contribution < -0.4 is 5.32 Å². The van der Waals surface area contributed by atoms with Crippen LogP contribution in [-0.4, -0.2) is 10.8 Å². The van der Waals surface area contributed by atoms with Gasteiger partial charge in [0.1, 0.15) is 0 Å². The molecule has 0 fully saturated rings. The molecule has 0 spiro atoms. The van der Waals surface area contributed by atoms with E-state index < -0.39 is 4.92 Å². The van der Waals surface area contributed by atoms with E-state index in [1.54, 1.807) is 42.5 Å². The van der Waals surface area contributed by atoms with Crippen molar-refractivity contribution in [3.05, 3.63) is 58.6 Å². The molecule has 0 radical (unpaired) electrons. The van der Waals surface area contributed by atoms with Crippen molar-refractivity contribution in [2.24, 2.45) is 0 Å². The lowest BCUT2D eigenvalue weighted by Crippen LogP contribution is -2.07. The van der Waals surface area contributed by atoms with Crippen molar-refractivity contribution in [3.63, 3.8) is 0 Å². The molecule has 2 aromatic rings. The van der Waals surface area contributed by atoms with E-state index in [0.29, 0.717) is 16.8 Å². The molecule has 0 aliphatic rings. The molecule has 19 heavy (non-hydrogen) atoms.